The molecular weight excluding hydrogens is 324 g/mol. The van der Waals surface area contributed by atoms with E-state index in [9.17, 15) is 13.9 Å². The number of fused-ring (bicyclic) bond motifs is 1. The Bertz CT molecular complexity index is 1060. The average molecular weight is 341 g/mol. The van der Waals surface area contributed by atoms with Crippen LogP contribution in [0.1, 0.15) is 5.56 Å². The molecule has 3 aromatic carbocycles. The predicted molar refractivity (Wildman–Crippen MR) is 97.0 cm³/mol. The van der Waals surface area contributed by atoms with Gasteiger partial charge in [-0.1, -0.05) is 25.3 Å². The Hall–Kier alpha value is -3.12. The second kappa shape index (κ2) is 6.07. The minimum Gasteiger partial charge on any atom is -0.507 e. The molecule has 0 aliphatic rings. The summed E-state index contributed by atoms with van der Waals surface area (Å²) in [6.07, 6.45) is 0. The van der Waals surface area contributed by atoms with Crippen LogP contribution in [0.5, 0.6) is 5.75 Å². The summed E-state index contributed by atoms with van der Waals surface area (Å²) in [5.41, 5.74) is 7.14. The van der Waals surface area contributed by atoms with Crippen LogP contribution in [0.15, 0.2) is 36.4 Å². The van der Waals surface area contributed by atoms with Gasteiger partial charge >= 0.3 is 0 Å². The van der Waals surface area contributed by atoms with Crippen molar-refractivity contribution >= 4 is 35.3 Å². The van der Waals surface area contributed by atoms with Gasteiger partial charge in [0.05, 0.1) is 17.9 Å². The first-order valence-corrected chi connectivity index (χ1v) is 7.48. The number of nitrogen functional groups attached to an aromatic ring is 1. The molecule has 0 saturated carbocycles. The molecule has 0 atom stereocenters. The van der Waals surface area contributed by atoms with Crippen LogP contribution in [0, 0.1) is 11.6 Å². The lowest BCUT2D eigenvalue weighted by Crippen LogP contribution is -2.37. The maximum absolute atomic E-state index is 13.4. The summed E-state index contributed by atoms with van der Waals surface area (Å²) < 4.78 is 26.8. The lowest BCUT2D eigenvalue weighted by atomic mass is 10.0. The summed E-state index contributed by atoms with van der Waals surface area (Å²) >= 11 is 0. The smallest absolute Gasteiger partial charge is 0.126 e. The number of phenolic OH excluding ortho intramolecular Hbond substituents is 1. The van der Waals surface area contributed by atoms with Crippen LogP contribution in [-0.2, 0) is 6.54 Å². The van der Waals surface area contributed by atoms with Crippen LogP contribution in [-0.4, -0.2) is 5.11 Å². The zero-order valence-electron chi connectivity index (χ0n) is 13.4. The Morgan fingerprint density at radius 1 is 1.04 bits per heavy atom. The third kappa shape index (κ3) is 2.88. The molecule has 0 aromatic heterocycles. The Morgan fingerprint density at radius 2 is 1.68 bits per heavy atom. The van der Waals surface area contributed by atoms with Gasteiger partial charge in [0.25, 0.3) is 0 Å². The van der Waals surface area contributed by atoms with Gasteiger partial charge in [0.15, 0.2) is 0 Å². The number of hydrogen-bond acceptors (Lipinski definition) is 4. The van der Waals surface area contributed by atoms with E-state index in [0.29, 0.717) is 32.5 Å². The van der Waals surface area contributed by atoms with Crippen LogP contribution >= 0.6 is 0 Å². The first-order chi connectivity index (χ1) is 11.8. The molecular formula is C19H17F2N3O. The topological polar surface area (TPSA) is 75.5 Å². The quantitative estimate of drug-likeness (QED) is 0.387. The molecule has 0 radical (unpaired) electrons. The van der Waals surface area contributed by atoms with Gasteiger partial charge in [0, 0.05) is 21.9 Å². The van der Waals surface area contributed by atoms with Crippen LogP contribution in [0.3, 0.4) is 0 Å². The highest BCUT2D eigenvalue weighted by atomic mass is 19.1. The zero-order chi connectivity index (χ0) is 18.3. The highest BCUT2D eigenvalue weighted by Crippen LogP contribution is 2.24. The van der Waals surface area contributed by atoms with Gasteiger partial charge in [-0.2, -0.15) is 0 Å². The number of benzene rings is 3. The predicted octanol–water partition coefficient (Wildman–Crippen LogP) is 2.11. The van der Waals surface area contributed by atoms with Crippen molar-refractivity contribution in [2.24, 2.45) is 5.84 Å². The van der Waals surface area contributed by atoms with E-state index in [0.717, 1.165) is 6.07 Å². The number of anilines is 2. The number of nitrogens with two attached hydrogens (primary N) is 2. The Kier molecular flexibility index (Phi) is 4.06. The van der Waals surface area contributed by atoms with E-state index in [4.69, 9.17) is 11.6 Å². The molecule has 0 saturated heterocycles. The Labute approximate surface area is 142 Å². The normalized spacial score (nSPS) is 11.0. The molecule has 0 bridgehead atoms. The molecule has 0 unspecified atom stereocenters. The molecule has 0 aliphatic heterocycles. The molecule has 0 fully saturated rings. The van der Waals surface area contributed by atoms with Crippen LogP contribution in [0.25, 0.3) is 23.9 Å². The molecule has 0 aliphatic carbocycles. The number of halogens is 2. The molecule has 0 spiro atoms. The summed E-state index contributed by atoms with van der Waals surface area (Å²) in [4.78, 5) is 0. The van der Waals surface area contributed by atoms with Crippen LogP contribution in [0.2, 0.25) is 0 Å². The van der Waals surface area contributed by atoms with E-state index in [2.05, 4.69) is 13.2 Å². The zero-order valence-corrected chi connectivity index (χ0v) is 13.4. The fourth-order valence-corrected chi connectivity index (χ4v) is 2.98. The van der Waals surface area contributed by atoms with Gasteiger partial charge < -0.3 is 15.8 Å². The summed E-state index contributed by atoms with van der Waals surface area (Å²) in [6.45, 7) is 7.93. The molecule has 128 valence electrons. The first kappa shape index (κ1) is 16.7. The van der Waals surface area contributed by atoms with E-state index < -0.39 is 11.6 Å². The SMILES string of the molecule is C=c1c(N(N)Cc2cc(F)cc(F)c2)c(N)c(=C)c2c(O)cccc12. The van der Waals surface area contributed by atoms with Crippen molar-refractivity contribution < 1.29 is 13.9 Å². The molecule has 5 N–H and O–H groups in total. The monoisotopic (exact) mass is 341 g/mol. The molecule has 6 heteroatoms. The van der Waals surface area contributed by atoms with Crippen LogP contribution < -0.4 is 27.0 Å². The molecule has 3 rings (SSSR count). The van der Waals surface area contributed by atoms with Gasteiger partial charge in [-0.25, -0.2) is 14.6 Å². The minimum absolute atomic E-state index is 0.0190. The fourth-order valence-electron chi connectivity index (χ4n) is 2.98. The minimum atomic E-state index is -0.688. The van der Waals surface area contributed by atoms with E-state index in [1.54, 1.807) is 12.1 Å². The van der Waals surface area contributed by atoms with E-state index in [-0.39, 0.29) is 18.0 Å². The van der Waals surface area contributed by atoms with Crippen molar-refractivity contribution in [1.29, 1.82) is 0 Å². The number of hydrogen-bond donors (Lipinski definition) is 3. The number of hydrazine groups is 1. The highest BCUT2D eigenvalue weighted by Gasteiger charge is 2.15. The van der Waals surface area contributed by atoms with E-state index in [1.807, 2.05) is 0 Å². The fraction of sp³-hybridized carbons (Fsp3) is 0.0526. The maximum Gasteiger partial charge on any atom is 0.126 e. The van der Waals surface area contributed by atoms with Crippen molar-refractivity contribution in [3.8, 4) is 5.75 Å². The third-order valence-electron chi connectivity index (χ3n) is 4.10. The Balaban J connectivity index is 2.15. The van der Waals surface area contributed by atoms with Gasteiger partial charge in [0.1, 0.15) is 17.4 Å². The van der Waals surface area contributed by atoms with Gasteiger partial charge in [-0.15, -0.1) is 0 Å². The summed E-state index contributed by atoms with van der Waals surface area (Å²) in [7, 11) is 0. The standard InChI is InChI=1S/C19H17F2N3O/c1-10-15-4-3-5-16(25)17(15)11(2)18(22)19(10)24(23)9-12-6-13(20)8-14(21)7-12/h3-8,25H,1-2,9,22-23H2. The Morgan fingerprint density at radius 3 is 2.32 bits per heavy atom. The van der Waals surface area contributed by atoms with E-state index >= 15 is 0 Å². The van der Waals surface area contributed by atoms with Crippen molar-refractivity contribution in [1.82, 2.24) is 0 Å². The largest absolute Gasteiger partial charge is 0.507 e. The average Bonchev–Trinajstić information content (AvgIpc) is 2.51. The summed E-state index contributed by atoms with van der Waals surface area (Å²) in [5.74, 6) is 4.77. The maximum atomic E-state index is 13.4. The lowest BCUT2D eigenvalue weighted by molar-refractivity contribution is 0.481. The third-order valence-corrected chi connectivity index (χ3v) is 4.10. The van der Waals surface area contributed by atoms with Crippen molar-refractivity contribution in [3.05, 3.63) is 64.0 Å². The highest BCUT2D eigenvalue weighted by molar-refractivity contribution is 5.96. The molecule has 25 heavy (non-hydrogen) atoms. The van der Waals surface area contributed by atoms with E-state index in [1.165, 1.54) is 23.2 Å². The molecule has 4 nitrogen and oxygen atoms in total. The number of phenols is 1. The van der Waals surface area contributed by atoms with Crippen molar-refractivity contribution in [2.75, 3.05) is 10.7 Å². The second-order valence-electron chi connectivity index (χ2n) is 5.82. The molecule has 3 aromatic rings. The van der Waals surface area contributed by atoms with Crippen molar-refractivity contribution in [2.45, 2.75) is 6.54 Å². The van der Waals surface area contributed by atoms with Crippen molar-refractivity contribution in [3.63, 3.8) is 0 Å². The van der Waals surface area contributed by atoms with Gasteiger partial charge in [-0.3, -0.25) is 0 Å². The second-order valence-corrected chi connectivity index (χ2v) is 5.82. The molecule has 0 heterocycles. The summed E-state index contributed by atoms with van der Waals surface area (Å²) in [6, 6.07) is 8.16. The van der Waals surface area contributed by atoms with Gasteiger partial charge in [-0.05, 0) is 29.1 Å². The molecule has 0 amide bonds. The first-order valence-electron chi connectivity index (χ1n) is 7.48. The van der Waals surface area contributed by atoms with Crippen LogP contribution in [0.4, 0.5) is 20.2 Å². The number of nitrogens with zero attached hydrogens (tertiary/aromatic N) is 1. The lowest BCUT2D eigenvalue weighted by Gasteiger charge is -2.23. The van der Waals surface area contributed by atoms with Gasteiger partial charge in [0.2, 0.25) is 0 Å². The number of rotatable bonds is 3. The number of aromatic hydroxyl groups is 1. The summed E-state index contributed by atoms with van der Waals surface area (Å²) in [5, 5.41) is 13.4.